The number of benzene rings is 2. The molecule has 152 valence electrons. The lowest BCUT2D eigenvalue weighted by Gasteiger charge is -2.28. The van der Waals surface area contributed by atoms with E-state index in [0.717, 1.165) is 0 Å². The average molecular weight is 407 g/mol. The number of nitrogens with one attached hydrogen (secondary N) is 1. The van der Waals surface area contributed by atoms with E-state index < -0.39 is 17.8 Å². The first-order chi connectivity index (χ1) is 14.5. The molecule has 1 aromatic heterocycles. The third-order valence-corrected chi connectivity index (χ3v) is 4.71. The molecule has 0 aliphatic carbocycles. The highest BCUT2D eigenvalue weighted by Gasteiger charge is 2.38. The van der Waals surface area contributed by atoms with Gasteiger partial charge in [0.2, 0.25) is 5.95 Å². The number of methoxy groups -OCH3 is 2. The van der Waals surface area contributed by atoms with Gasteiger partial charge in [-0.05, 0) is 52.4 Å². The van der Waals surface area contributed by atoms with Crippen LogP contribution in [-0.4, -0.2) is 51.3 Å². The average Bonchev–Trinajstić information content (AvgIpc) is 3.26. The number of anilines is 1. The number of phenols is 1. The Balaban J connectivity index is 1.91. The summed E-state index contributed by atoms with van der Waals surface area (Å²) >= 11 is 0. The molecule has 0 spiro atoms. The van der Waals surface area contributed by atoms with E-state index in [1.807, 2.05) is 0 Å². The molecule has 10 heteroatoms. The van der Waals surface area contributed by atoms with Crippen molar-refractivity contribution in [3.05, 3.63) is 70.9 Å². The highest BCUT2D eigenvalue weighted by molar-refractivity contribution is 6.14. The number of aromatic nitrogens is 4. The van der Waals surface area contributed by atoms with E-state index in [-0.39, 0.29) is 23.0 Å². The summed E-state index contributed by atoms with van der Waals surface area (Å²) < 4.78 is 11.4. The first-order valence-corrected chi connectivity index (χ1v) is 8.88. The smallest absolute Gasteiger partial charge is 0.355 e. The Morgan fingerprint density at radius 1 is 1.07 bits per heavy atom. The van der Waals surface area contributed by atoms with Crippen molar-refractivity contribution in [1.29, 1.82) is 0 Å². The van der Waals surface area contributed by atoms with Gasteiger partial charge < -0.3 is 19.9 Å². The summed E-state index contributed by atoms with van der Waals surface area (Å²) in [5, 5.41) is 24.0. The molecule has 0 saturated carbocycles. The molecule has 0 bridgehead atoms. The van der Waals surface area contributed by atoms with Crippen LogP contribution in [0.4, 0.5) is 5.95 Å². The number of ether oxygens (including phenoxy) is 2. The molecule has 30 heavy (non-hydrogen) atoms. The lowest BCUT2D eigenvalue weighted by Crippen LogP contribution is -2.32. The standard InChI is InChI=1S/C20H17N5O5/c1-29-14-9-5-12(6-10-14)18(27)15-16(19(28)30-2)21-20-22-23-24-25(20)17(15)11-3-7-13(26)8-4-11/h3-10,17,26H,1-2H3,(H,21,22,24)/t17-/m1/s1. The monoisotopic (exact) mass is 407 g/mol. The number of phenolic OH excluding ortho intramolecular Hbond substituents is 1. The first-order valence-electron chi connectivity index (χ1n) is 8.88. The van der Waals surface area contributed by atoms with E-state index >= 15 is 0 Å². The van der Waals surface area contributed by atoms with Crippen LogP contribution in [-0.2, 0) is 9.53 Å². The fourth-order valence-electron chi connectivity index (χ4n) is 3.25. The Bertz CT molecular complexity index is 1140. The predicted octanol–water partition coefficient (Wildman–Crippen LogP) is 1.71. The maximum absolute atomic E-state index is 13.5. The molecular formula is C20H17N5O5. The van der Waals surface area contributed by atoms with E-state index in [2.05, 4.69) is 20.8 Å². The molecule has 1 aliphatic heterocycles. The number of aromatic hydroxyl groups is 1. The highest BCUT2D eigenvalue weighted by atomic mass is 16.5. The Kier molecular flexibility index (Phi) is 4.88. The van der Waals surface area contributed by atoms with Gasteiger partial charge in [0.25, 0.3) is 0 Å². The van der Waals surface area contributed by atoms with E-state index in [9.17, 15) is 14.7 Å². The lowest BCUT2D eigenvalue weighted by atomic mass is 9.89. The van der Waals surface area contributed by atoms with Crippen LogP contribution in [0.1, 0.15) is 22.0 Å². The third-order valence-electron chi connectivity index (χ3n) is 4.71. The van der Waals surface area contributed by atoms with Crippen molar-refractivity contribution < 1.29 is 24.2 Å². The van der Waals surface area contributed by atoms with Gasteiger partial charge in [0.15, 0.2) is 5.78 Å². The van der Waals surface area contributed by atoms with E-state index in [1.165, 1.54) is 31.0 Å². The number of rotatable bonds is 5. The van der Waals surface area contributed by atoms with Gasteiger partial charge in [-0.3, -0.25) is 4.79 Å². The number of nitrogens with zero attached hydrogens (tertiary/aromatic N) is 4. The molecule has 2 aromatic carbocycles. The quantitative estimate of drug-likeness (QED) is 0.480. The van der Waals surface area contributed by atoms with Crippen LogP contribution in [0.25, 0.3) is 0 Å². The molecule has 2 N–H and O–H groups in total. The van der Waals surface area contributed by atoms with Crippen LogP contribution < -0.4 is 10.1 Å². The minimum Gasteiger partial charge on any atom is -0.508 e. The van der Waals surface area contributed by atoms with Crippen LogP contribution in [0, 0.1) is 0 Å². The van der Waals surface area contributed by atoms with Crippen LogP contribution in [0.2, 0.25) is 0 Å². The Morgan fingerprint density at radius 3 is 2.40 bits per heavy atom. The zero-order valence-electron chi connectivity index (χ0n) is 16.1. The highest BCUT2D eigenvalue weighted by Crippen LogP contribution is 2.37. The van der Waals surface area contributed by atoms with Gasteiger partial charge in [0.1, 0.15) is 23.2 Å². The molecule has 1 atom stereocenters. The molecule has 4 rings (SSSR count). The number of ketones is 1. The van der Waals surface area contributed by atoms with Crippen LogP contribution >= 0.6 is 0 Å². The summed E-state index contributed by atoms with van der Waals surface area (Å²) in [5.74, 6) is -0.312. The second-order valence-electron chi connectivity index (χ2n) is 6.40. The zero-order valence-corrected chi connectivity index (χ0v) is 16.1. The normalized spacial score (nSPS) is 15.2. The van der Waals surface area contributed by atoms with Crippen molar-refractivity contribution in [2.24, 2.45) is 0 Å². The molecule has 0 unspecified atom stereocenters. The van der Waals surface area contributed by atoms with Crippen molar-refractivity contribution in [1.82, 2.24) is 20.2 Å². The Morgan fingerprint density at radius 2 is 1.77 bits per heavy atom. The molecule has 0 amide bonds. The number of Topliss-reactive ketones (excluding diaryl/α,β-unsaturated/α-hetero) is 1. The molecule has 0 saturated heterocycles. The third kappa shape index (κ3) is 3.24. The second-order valence-corrected chi connectivity index (χ2v) is 6.40. The largest absolute Gasteiger partial charge is 0.508 e. The summed E-state index contributed by atoms with van der Waals surface area (Å²) in [6, 6.07) is 11.9. The van der Waals surface area contributed by atoms with Gasteiger partial charge in [-0.1, -0.05) is 17.2 Å². The number of tetrazole rings is 1. The van der Waals surface area contributed by atoms with Crippen LogP contribution in [0.3, 0.4) is 0 Å². The van der Waals surface area contributed by atoms with E-state index in [1.54, 1.807) is 36.4 Å². The zero-order chi connectivity index (χ0) is 21.3. The molecular weight excluding hydrogens is 390 g/mol. The fourth-order valence-corrected chi connectivity index (χ4v) is 3.25. The fraction of sp³-hybridized carbons (Fsp3) is 0.150. The van der Waals surface area contributed by atoms with Gasteiger partial charge in [0, 0.05) is 5.56 Å². The van der Waals surface area contributed by atoms with E-state index in [4.69, 9.17) is 9.47 Å². The van der Waals surface area contributed by atoms with Crippen LogP contribution in [0.15, 0.2) is 59.8 Å². The summed E-state index contributed by atoms with van der Waals surface area (Å²) in [7, 11) is 2.75. The number of hydrogen-bond acceptors (Lipinski definition) is 9. The molecule has 1 aliphatic rings. The van der Waals surface area contributed by atoms with Crippen molar-refractivity contribution in [2.75, 3.05) is 19.5 Å². The van der Waals surface area contributed by atoms with Gasteiger partial charge in [-0.25, -0.2) is 4.79 Å². The molecule has 10 nitrogen and oxygen atoms in total. The molecule has 3 aromatic rings. The van der Waals surface area contributed by atoms with Crippen molar-refractivity contribution in [3.8, 4) is 11.5 Å². The Hall–Kier alpha value is -4.21. The maximum Gasteiger partial charge on any atom is 0.355 e. The summed E-state index contributed by atoms with van der Waals surface area (Å²) in [5.41, 5.74) is 0.992. The SMILES string of the molecule is COC(=O)C1=C(C(=O)c2ccc(OC)cc2)[C@@H](c2ccc(O)cc2)n2nnnc2N1. The summed E-state index contributed by atoms with van der Waals surface area (Å²) in [4.78, 5) is 26.1. The first kappa shape index (κ1) is 19.1. The van der Waals surface area contributed by atoms with Crippen molar-refractivity contribution in [2.45, 2.75) is 6.04 Å². The summed E-state index contributed by atoms with van der Waals surface area (Å²) in [6.45, 7) is 0. The minimum absolute atomic E-state index is 0.0568. The van der Waals surface area contributed by atoms with Gasteiger partial charge >= 0.3 is 5.97 Å². The predicted molar refractivity (Wildman–Crippen MR) is 104 cm³/mol. The Labute approximate surface area is 170 Å². The summed E-state index contributed by atoms with van der Waals surface area (Å²) in [6.07, 6.45) is 0. The van der Waals surface area contributed by atoms with E-state index in [0.29, 0.717) is 16.9 Å². The number of hydrogen-bond donors (Lipinski definition) is 2. The van der Waals surface area contributed by atoms with Gasteiger partial charge in [-0.15, -0.1) is 0 Å². The topological polar surface area (TPSA) is 128 Å². The molecule has 2 heterocycles. The molecule has 0 radical (unpaired) electrons. The van der Waals surface area contributed by atoms with Crippen LogP contribution in [0.5, 0.6) is 11.5 Å². The lowest BCUT2D eigenvalue weighted by molar-refractivity contribution is -0.136. The number of fused-ring (bicyclic) bond motifs is 1. The van der Waals surface area contributed by atoms with Gasteiger partial charge in [-0.2, -0.15) is 4.68 Å². The number of carbonyl (C=O) groups excluding carboxylic acids is 2. The van der Waals surface area contributed by atoms with Gasteiger partial charge in [0.05, 0.1) is 19.8 Å². The maximum atomic E-state index is 13.5. The number of esters is 1. The second kappa shape index (κ2) is 7.66. The minimum atomic E-state index is -0.819. The number of allylic oxidation sites excluding steroid dienone is 1. The van der Waals surface area contributed by atoms with Crippen molar-refractivity contribution in [3.63, 3.8) is 0 Å². The van der Waals surface area contributed by atoms with Crippen molar-refractivity contribution >= 4 is 17.7 Å². The molecule has 0 fully saturated rings. The number of carbonyl (C=O) groups is 2.